The SMILES string of the molecule is C/C=C(\C)c1c(C)c(C(=O)N=C(N)N)n2c1/C(=C/C)CCCCCCC2.CC.Cc1ccc2c3c1cc(C(=O)N=C(N)N)n3CCC2=O.II. The molecule has 0 saturated carbocycles. The topological polar surface area (TPSA) is 190 Å². The van der Waals surface area contributed by atoms with Crippen LogP contribution in [0.2, 0.25) is 0 Å². The molecule has 2 aliphatic rings. The maximum absolute atomic E-state index is 12.8. The van der Waals surface area contributed by atoms with E-state index >= 15 is 0 Å². The first-order chi connectivity index (χ1) is 23.9. The van der Waals surface area contributed by atoms with Crippen LogP contribution < -0.4 is 22.9 Å². The van der Waals surface area contributed by atoms with Gasteiger partial charge in [0.2, 0.25) is 0 Å². The third-order valence-corrected chi connectivity index (χ3v) is 8.84. The van der Waals surface area contributed by atoms with Gasteiger partial charge in [-0.1, -0.05) is 51.3 Å². The van der Waals surface area contributed by atoms with Crippen LogP contribution in [0.25, 0.3) is 22.0 Å². The second-order valence-electron chi connectivity index (χ2n) is 11.9. The molecule has 11 nitrogen and oxygen atoms in total. The van der Waals surface area contributed by atoms with Crippen molar-refractivity contribution in [2.75, 3.05) is 0 Å². The van der Waals surface area contributed by atoms with Gasteiger partial charge in [-0.2, -0.15) is 9.98 Å². The number of ketones is 1. The van der Waals surface area contributed by atoms with Crippen LogP contribution in [-0.2, 0) is 13.1 Å². The highest BCUT2D eigenvalue weighted by Gasteiger charge is 2.28. The Balaban J connectivity index is 0.000000323. The quantitative estimate of drug-likeness (QED) is 0.116. The number of nitrogens with two attached hydrogens (primary N) is 4. The molecule has 0 unspecified atom stereocenters. The number of benzene rings is 1. The molecular weight excluding hydrogens is 858 g/mol. The maximum atomic E-state index is 12.8. The first kappa shape index (κ1) is 42.7. The average molecular weight is 911 g/mol. The second-order valence-corrected chi connectivity index (χ2v) is 11.9. The lowest BCUT2D eigenvalue weighted by Crippen LogP contribution is -2.25. The Morgan fingerprint density at radius 3 is 2.04 bits per heavy atom. The van der Waals surface area contributed by atoms with Crippen molar-refractivity contribution in [2.45, 2.75) is 107 Å². The molecule has 0 bridgehead atoms. The highest BCUT2D eigenvalue weighted by Crippen LogP contribution is 2.37. The summed E-state index contributed by atoms with van der Waals surface area (Å²) in [6.45, 7) is 15.4. The Morgan fingerprint density at radius 2 is 1.44 bits per heavy atom. The summed E-state index contributed by atoms with van der Waals surface area (Å²) in [6.07, 6.45) is 11.6. The lowest BCUT2D eigenvalue weighted by atomic mass is 9.94. The van der Waals surface area contributed by atoms with Crippen LogP contribution in [0.5, 0.6) is 0 Å². The summed E-state index contributed by atoms with van der Waals surface area (Å²) in [7, 11) is 0. The van der Waals surface area contributed by atoms with Crippen molar-refractivity contribution < 1.29 is 14.4 Å². The van der Waals surface area contributed by atoms with Crippen LogP contribution in [0.3, 0.4) is 0 Å². The van der Waals surface area contributed by atoms with Gasteiger partial charge in [-0.15, -0.1) is 0 Å². The number of amides is 2. The summed E-state index contributed by atoms with van der Waals surface area (Å²) in [6, 6.07) is 5.45. The van der Waals surface area contributed by atoms with Gasteiger partial charge in [0.05, 0.1) is 11.2 Å². The zero-order valence-electron chi connectivity index (χ0n) is 30.3. The Labute approximate surface area is 319 Å². The normalized spacial score (nSPS) is 14.9. The number of allylic oxidation sites excluding steroid dienone is 4. The van der Waals surface area contributed by atoms with E-state index in [4.69, 9.17) is 22.9 Å². The smallest absolute Gasteiger partial charge is 0.297 e. The van der Waals surface area contributed by atoms with Gasteiger partial charge in [-0.05, 0) is 88.3 Å². The molecule has 8 N–H and O–H groups in total. The predicted octanol–water partition coefficient (Wildman–Crippen LogP) is 8.14. The van der Waals surface area contributed by atoms with Gasteiger partial charge in [0.25, 0.3) is 11.8 Å². The fourth-order valence-electron chi connectivity index (χ4n) is 6.56. The van der Waals surface area contributed by atoms with Crippen LogP contribution in [0.15, 0.2) is 40.3 Å². The maximum Gasteiger partial charge on any atom is 0.297 e. The highest BCUT2D eigenvalue weighted by molar-refractivity contribution is 15.0. The van der Waals surface area contributed by atoms with Crippen LogP contribution in [0.4, 0.5) is 0 Å². The second kappa shape index (κ2) is 20.4. The standard InChI is InChI=1S/C21H32N4O.C14H14N4O2.C2H6.I2/c1-5-14(3)17-15(4)18(20(26)24-21(22)23)25-13-11-9-7-8-10-12-16(6-2)19(17)25;1-7-2-3-8-11(19)4-5-18-10(6-9(7)12(8)18)13(20)17-14(15)16;2*1-2/h5-6H,7-13H2,1-4H3,(H4,22,23,24,26);2-3,6H,4-5H2,1H3,(H4,15,16,17,20);1-2H3;/b14-5+,16-6+;;;. The number of aromatic nitrogens is 2. The number of fused-ring (bicyclic) bond motifs is 1. The number of hydrogen-bond acceptors (Lipinski definition) is 3. The van der Waals surface area contributed by atoms with E-state index in [2.05, 4.69) is 77.8 Å². The molecule has 0 spiro atoms. The van der Waals surface area contributed by atoms with Gasteiger partial charge in [0, 0.05) is 73.3 Å². The van der Waals surface area contributed by atoms with Crippen molar-refractivity contribution in [3.63, 3.8) is 0 Å². The van der Waals surface area contributed by atoms with E-state index in [1.165, 1.54) is 36.8 Å². The van der Waals surface area contributed by atoms with E-state index in [0.717, 1.165) is 52.7 Å². The molecule has 272 valence electrons. The molecule has 1 aromatic carbocycles. The largest absolute Gasteiger partial charge is 0.370 e. The zero-order valence-corrected chi connectivity index (χ0v) is 34.6. The lowest BCUT2D eigenvalue weighted by molar-refractivity contribution is 0.0958. The van der Waals surface area contributed by atoms with Crippen molar-refractivity contribution in [1.82, 2.24) is 9.13 Å². The molecule has 5 rings (SSSR count). The average Bonchev–Trinajstić information content (AvgIpc) is 3.63. The number of rotatable bonds is 3. The molecule has 50 heavy (non-hydrogen) atoms. The van der Waals surface area contributed by atoms with Crippen LogP contribution >= 0.6 is 37.2 Å². The number of aryl methyl sites for hydroxylation is 2. The number of carbonyl (C=O) groups is 3. The summed E-state index contributed by atoms with van der Waals surface area (Å²) < 4.78 is 3.99. The Morgan fingerprint density at radius 1 is 0.840 bits per heavy atom. The molecular formula is C37H52I2N8O3. The monoisotopic (exact) mass is 910 g/mol. The molecule has 0 fully saturated rings. The molecule has 0 radical (unpaired) electrons. The number of nitrogens with zero attached hydrogens (tertiary/aromatic N) is 4. The number of Topliss-reactive ketones (excluding diaryl/α,β-unsaturated/α-hetero) is 1. The molecule has 13 heteroatoms. The van der Waals surface area contributed by atoms with Crippen molar-refractivity contribution in [3.8, 4) is 0 Å². The Kier molecular flexibility index (Phi) is 17.4. The minimum atomic E-state index is -0.485. The number of halogens is 2. The van der Waals surface area contributed by atoms with E-state index in [-0.39, 0.29) is 23.6 Å². The predicted molar refractivity (Wildman–Crippen MR) is 225 cm³/mol. The number of carbonyl (C=O) groups excluding carboxylic acids is 3. The summed E-state index contributed by atoms with van der Waals surface area (Å²) in [4.78, 5) is 44.3. The van der Waals surface area contributed by atoms with E-state index < -0.39 is 5.91 Å². The molecule has 0 atom stereocenters. The molecule has 2 aliphatic heterocycles. The van der Waals surface area contributed by atoms with E-state index in [0.29, 0.717) is 29.9 Å². The highest BCUT2D eigenvalue weighted by atomic mass is 128. The van der Waals surface area contributed by atoms with Crippen LogP contribution in [-0.4, -0.2) is 38.7 Å². The molecule has 4 heterocycles. The third-order valence-electron chi connectivity index (χ3n) is 8.84. The molecule has 0 aliphatic carbocycles. The van der Waals surface area contributed by atoms with Crippen molar-refractivity contribution in [3.05, 3.63) is 69.7 Å². The molecule has 3 aromatic rings. The minimum Gasteiger partial charge on any atom is -0.370 e. The van der Waals surface area contributed by atoms with Gasteiger partial charge >= 0.3 is 0 Å². The first-order valence-electron chi connectivity index (χ1n) is 17.0. The van der Waals surface area contributed by atoms with Gasteiger partial charge in [-0.25, -0.2) is 0 Å². The van der Waals surface area contributed by atoms with Crippen LogP contribution in [0.1, 0.15) is 133 Å². The molecule has 2 amide bonds. The van der Waals surface area contributed by atoms with Gasteiger partial charge in [-0.3, -0.25) is 14.4 Å². The van der Waals surface area contributed by atoms with Gasteiger partial charge < -0.3 is 32.1 Å². The number of hydrogen-bond donors (Lipinski definition) is 4. The lowest BCUT2D eigenvalue weighted by Gasteiger charge is -2.18. The van der Waals surface area contributed by atoms with E-state index in [1.54, 1.807) is 6.07 Å². The van der Waals surface area contributed by atoms with E-state index in [9.17, 15) is 14.4 Å². The van der Waals surface area contributed by atoms with Crippen LogP contribution in [0, 0.1) is 13.8 Å². The van der Waals surface area contributed by atoms with E-state index in [1.807, 2.05) is 51.3 Å². The minimum absolute atomic E-state index is 0.0986. The zero-order chi connectivity index (χ0) is 37.7. The van der Waals surface area contributed by atoms with Gasteiger partial charge in [0.15, 0.2) is 17.7 Å². The number of aliphatic imine (C=N–C) groups is 2. The fraction of sp³-hybridized carbons (Fsp3) is 0.432. The Hall–Kier alpha value is -3.47. The van der Waals surface area contributed by atoms with Crippen molar-refractivity contribution in [2.24, 2.45) is 32.9 Å². The summed E-state index contributed by atoms with van der Waals surface area (Å²) in [5.41, 5.74) is 30.7. The molecule has 0 saturated heterocycles. The van der Waals surface area contributed by atoms with Crippen molar-refractivity contribution >= 4 is 88.8 Å². The van der Waals surface area contributed by atoms with Crippen molar-refractivity contribution in [1.29, 1.82) is 0 Å². The van der Waals surface area contributed by atoms with Gasteiger partial charge in [0.1, 0.15) is 11.4 Å². The summed E-state index contributed by atoms with van der Waals surface area (Å²) in [5, 5.41) is 0.893. The first-order valence-corrected chi connectivity index (χ1v) is 23.3. The summed E-state index contributed by atoms with van der Waals surface area (Å²) >= 11 is 4.24. The summed E-state index contributed by atoms with van der Waals surface area (Å²) in [5.74, 6) is -1.20. The number of guanidine groups is 2. The fourth-order valence-corrected chi connectivity index (χ4v) is 6.56. The third kappa shape index (κ3) is 9.86. The Bertz CT molecular complexity index is 1820. The molecule has 2 aromatic heterocycles.